The van der Waals surface area contributed by atoms with Gasteiger partial charge in [-0.25, -0.2) is 0 Å². The number of rotatable bonds is 4. The summed E-state index contributed by atoms with van der Waals surface area (Å²) in [6, 6.07) is 0. The van der Waals surface area contributed by atoms with E-state index in [1.165, 1.54) is 0 Å². The van der Waals surface area contributed by atoms with Crippen molar-refractivity contribution in [2.75, 3.05) is 0 Å². The number of hydrogen-bond donors (Lipinski definition) is 2. The Morgan fingerprint density at radius 1 is 1.44 bits per heavy atom. The fraction of sp³-hybridized carbons (Fsp3) is 0.714. The Morgan fingerprint density at radius 2 is 2.00 bits per heavy atom. The molecule has 0 bridgehead atoms. The molecule has 0 rings (SSSR count). The molecule has 0 N–H and O–H groups in total. The molecule has 0 aromatic rings. The molecule has 2 heteroatoms. The van der Waals surface area contributed by atoms with Gasteiger partial charge in [-0.1, -0.05) is 13.0 Å². The van der Waals surface area contributed by atoms with E-state index >= 15 is 0 Å². The van der Waals surface area contributed by atoms with Crippen molar-refractivity contribution in [2.24, 2.45) is 0 Å². The van der Waals surface area contributed by atoms with Gasteiger partial charge >= 0.3 is 0 Å². The SMILES string of the molecule is C=CC(S)CCC(C)S. The molecule has 54 valence electrons. The van der Waals surface area contributed by atoms with Crippen LogP contribution in [0.2, 0.25) is 0 Å². The third-order valence-electron chi connectivity index (χ3n) is 1.15. The topological polar surface area (TPSA) is 0 Å². The van der Waals surface area contributed by atoms with Gasteiger partial charge in [0.1, 0.15) is 0 Å². The van der Waals surface area contributed by atoms with Crippen LogP contribution >= 0.6 is 25.3 Å². The Bertz CT molecular complexity index is 79.0. The normalized spacial score (nSPS) is 16.8. The standard InChI is InChI=1S/C7H14S2/c1-3-7(9)5-4-6(2)8/h3,6-9H,1,4-5H2,2H3. The first-order valence-electron chi connectivity index (χ1n) is 3.15. The average molecular weight is 162 g/mol. The molecule has 2 atom stereocenters. The third kappa shape index (κ3) is 6.32. The van der Waals surface area contributed by atoms with Gasteiger partial charge in [0.15, 0.2) is 0 Å². The molecule has 0 amide bonds. The predicted molar refractivity (Wildman–Crippen MR) is 50.7 cm³/mol. The molecule has 0 saturated carbocycles. The van der Waals surface area contributed by atoms with E-state index in [-0.39, 0.29) is 0 Å². The zero-order valence-electron chi connectivity index (χ0n) is 5.75. The fourth-order valence-electron chi connectivity index (χ4n) is 0.530. The summed E-state index contributed by atoms with van der Waals surface area (Å²) in [5, 5.41) is 0.833. The van der Waals surface area contributed by atoms with Crippen molar-refractivity contribution < 1.29 is 0 Å². The molecule has 0 aliphatic heterocycles. The lowest BCUT2D eigenvalue weighted by Gasteiger charge is -2.05. The van der Waals surface area contributed by atoms with E-state index in [2.05, 4.69) is 38.8 Å². The molecule has 0 aromatic carbocycles. The van der Waals surface area contributed by atoms with Crippen molar-refractivity contribution in [3.63, 3.8) is 0 Å². The number of hydrogen-bond acceptors (Lipinski definition) is 2. The summed E-state index contributed by atoms with van der Waals surface area (Å²) < 4.78 is 0. The van der Waals surface area contributed by atoms with E-state index in [1.54, 1.807) is 0 Å². The van der Waals surface area contributed by atoms with Gasteiger partial charge in [-0.05, 0) is 18.1 Å². The predicted octanol–water partition coefficient (Wildman–Crippen LogP) is 2.57. The van der Waals surface area contributed by atoms with E-state index in [9.17, 15) is 0 Å². The minimum atomic E-state index is 0.347. The van der Waals surface area contributed by atoms with Gasteiger partial charge in [0, 0.05) is 5.25 Å². The van der Waals surface area contributed by atoms with Crippen molar-refractivity contribution in [1.29, 1.82) is 0 Å². The van der Waals surface area contributed by atoms with E-state index in [1.807, 2.05) is 6.08 Å². The van der Waals surface area contributed by atoms with Gasteiger partial charge in [0.05, 0.1) is 0 Å². The summed E-state index contributed by atoms with van der Waals surface area (Å²) >= 11 is 8.50. The van der Waals surface area contributed by atoms with Gasteiger partial charge < -0.3 is 0 Å². The van der Waals surface area contributed by atoms with Crippen LogP contribution in [0.5, 0.6) is 0 Å². The van der Waals surface area contributed by atoms with Crippen LogP contribution in [0.4, 0.5) is 0 Å². The molecular weight excluding hydrogens is 148 g/mol. The van der Waals surface area contributed by atoms with Crippen molar-refractivity contribution in [1.82, 2.24) is 0 Å². The van der Waals surface area contributed by atoms with Crippen LogP contribution in [0, 0.1) is 0 Å². The highest BCUT2D eigenvalue weighted by atomic mass is 32.1. The molecule has 9 heavy (non-hydrogen) atoms. The van der Waals surface area contributed by atoms with Crippen molar-refractivity contribution in [3.05, 3.63) is 12.7 Å². The Kier molecular flexibility index (Phi) is 5.50. The van der Waals surface area contributed by atoms with Gasteiger partial charge in [-0.15, -0.1) is 6.58 Å². The van der Waals surface area contributed by atoms with Gasteiger partial charge in [0.25, 0.3) is 0 Å². The van der Waals surface area contributed by atoms with Crippen molar-refractivity contribution in [2.45, 2.75) is 30.3 Å². The lowest BCUT2D eigenvalue weighted by molar-refractivity contribution is 0.757. The summed E-state index contributed by atoms with van der Waals surface area (Å²) in [7, 11) is 0. The Labute approximate surface area is 68.5 Å². The maximum Gasteiger partial charge on any atom is 0.0194 e. The van der Waals surface area contributed by atoms with E-state index in [4.69, 9.17) is 0 Å². The summed E-state index contributed by atoms with van der Waals surface area (Å²) in [4.78, 5) is 0. The smallest absolute Gasteiger partial charge is 0.0194 e. The second-order valence-electron chi connectivity index (χ2n) is 2.23. The summed E-state index contributed by atoms with van der Waals surface area (Å²) in [6.45, 7) is 5.73. The molecule has 0 spiro atoms. The first-order valence-corrected chi connectivity index (χ1v) is 4.18. The van der Waals surface area contributed by atoms with E-state index in [0.29, 0.717) is 10.5 Å². The monoisotopic (exact) mass is 162 g/mol. The molecule has 0 fully saturated rings. The van der Waals surface area contributed by atoms with Gasteiger partial charge in [-0.2, -0.15) is 25.3 Å². The van der Waals surface area contributed by atoms with Crippen LogP contribution in [-0.2, 0) is 0 Å². The third-order valence-corrected chi connectivity index (χ3v) is 1.88. The Morgan fingerprint density at radius 3 is 2.33 bits per heavy atom. The van der Waals surface area contributed by atoms with Crippen LogP contribution in [0.1, 0.15) is 19.8 Å². The van der Waals surface area contributed by atoms with Gasteiger partial charge in [0.2, 0.25) is 0 Å². The molecule has 0 radical (unpaired) electrons. The molecule has 0 heterocycles. The molecule has 0 aliphatic carbocycles. The first-order chi connectivity index (χ1) is 4.16. The van der Waals surface area contributed by atoms with E-state index in [0.717, 1.165) is 12.8 Å². The second kappa shape index (κ2) is 5.24. The summed E-state index contributed by atoms with van der Waals surface area (Å²) in [6.07, 6.45) is 4.06. The highest BCUT2D eigenvalue weighted by Crippen LogP contribution is 2.10. The quantitative estimate of drug-likeness (QED) is 0.461. The maximum atomic E-state index is 4.25. The highest BCUT2D eigenvalue weighted by molar-refractivity contribution is 7.81. The van der Waals surface area contributed by atoms with Crippen LogP contribution in [0.3, 0.4) is 0 Å². The zero-order chi connectivity index (χ0) is 7.28. The highest BCUT2D eigenvalue weighted by Gasteiger charge is 1.98. The fourth-order valence-corrected chi connectivity index (χ4v) is 0.828. The van der Waals surface area contributed by atoms with Crippen LogP contribution < -0.4 is 0 Å². The molecular formula is C7H14S2. The number of thiol groups is 2. The molecule has 2 unspecified atom stereocenters. The lowest BCUT2D eigenvalue weighted by Crippen LogP contribution is -1.98. The second-order valence-corrected chi connectivity index (χ2v) is 3.77. The Hall–Kier alpha value is 0.440. The summed E-state index contributed by atoms with van der Waals surface area (Å²) in [5.41, 5.74) is 0. The van der Waals surface area contributed by atoms with Crippen molar-refractivity contribution in [3.8, 4) is 0 Å². The van der Waals surface area contributed by atoms with Crippen molar-refractivity contribution >= 4 is 25.3 Å². The van der Waals surface area contributed by atoms with Crippen LogP contribution in [0.15, 0.2) is 12.7 Å². The minimum Gasteiger partial charge on any atom is -0.176 e. The molecule has 0 aromatic heterocycles. The zero-order valence-corrected chi connectivity index (χ0v) is 7.54. The summed E-state index contributed by atoms with van der Waals surface area (Å²) in [5.74, 6) is 0. The van der Waals surface area contributed by atoms with Crippen LogP contribution in [-0.4, -0.2) is 10.5 Å². The van der Waals surface area contributed by atoms with Gasteiger partial charge in [-0.3, -0.25) is 0 Å². The van der Waals surface area contributed by atoms with E-state index < -0.39 is 0 Å². The molecule has 0 aliphatic rings. The minimum absolute atomic E-state index is 0.347. The lowest BCUT2D eigenvalue weighted by atomic mass is 10.2. The Balaban J connectivity index is 3.16. The molecule has 0 nitrogen and oxygen atoms in total. The average Bonchev–Trinajstić information content (AvgIpc) is 1.83. The largest absolute Gasteiger partial charge is 0.176 e. The first kappa shape index (κ1) is 9.44. The maximum absolute atomic E-state index is 4.25. The molecule has 0 saturated heterocycles. The van der Waals surface area contributed by atoms with Crippen LogP contribution in [0.25, 0.3) is 0 Å².